The molecule has 2 aromatic rings. The molecule has 2 amide bonds. The number of aryl methyl sites for hydroxylation is 2. The SMILES string of the molecule is Cc1cccc(C)c1OCC(=O)c1ccc2c(c1)N([C@@H](C)C(=O)NC(C)C)C(=O)CO2. The number of para-hydroxylation sites is 1. The van der Waals surface area contributed by atoms with E-state index in [-0.39, 0.29) is 36.9 Å². The van der Waals surface area contributed by atoms with Crippen LogP contribution < -0.4 is 19.7 Å². The van der Waals surface area contributed by atoms with Gasteiger partial charge in [0.25, 0.3) is 5.91 Å². The van der Waals surface area contributed by atoms with E-state index in [0.717, 1.165) is 11.1 Å². The highest BCUT2D eigenvalue weighted by Gasteiger charge is 2.33. The first kappa shape index (κ1) is 22.3. The van der Waals surface area contributed by atoms with Crippen molar-refractivity contribution in [1.82, 2.24) is 5.32 Å². The van der Waals surface area contributed by atoms with Gasteiger partial charge in [-0.1, -0.05) is 18.2 Å². The Morgan fingerprint density at radius 2 is 1.81 bits per heavy atom. The van der Waals surface area contributed by atoms with Gasteiger partial charge in [-0.3, -0.25) is 19.3 Å². The third-order valence-corrected chi connectivity index (χ3v) is 5.11. The van der Waals surface area contributed by atoms with Crippen LogP contribution >= 0.6 is 0 Å². The monoisotopic (exact) mass is 424 g/mol. The average Bonchev–Trinajstić information content (AvgIpc) is 2.71. The minimum Gasteiger partial charge on any atom is -0.485 e. The summed E-state index contributed by atoms with van der Waals surface area (Å²) in [7, 11) is 0. The number of amides is 2. The molecule has 1 atom stereocenters. The molecule has 31 heavy (non-hydrogen) atoms. The van der Waals surface area contributed by atoms with E-state index in [9.17, 15) is 14.4 Å². The van der Waals surface area contributed by atoms with E-state index in [1.807, 2.05) is 45.9 Å². The third kappa shape index (κ3) is 4.87. The first-order valence-corrected chi connectivity index (χ1v) is 10.3. The summed E-state index contributed by atoms with van der Waals surface area (Å²) in [5, 5.41) is 2.82. The van der Waals surface area contributed by atoms with Gasteiger partial charge in [-0.05, 0) is 63.9 Å². The minimum atomic E-state index is -0.742. The van der Waals surface area contributed by atoms with Gasteiger partial charge in [-0.2, -0.15) is 0 Å². The summed E-state index contributed by atoms with van der Waals surface area (Å²) in [4.78, 5) is 39.3. The zero-order valence-electron chi connectivity index (χ0n) is 18.5. The maximum Gasteiger partial charge on any atom is 0.265 e. The summed E-state index contributed by atoms with van der Waals surface area (Å²) < 4.78 is 11.3. The van der Waals surface area contributed by atoms with Gasteiger partial charge in [0.1, 0.15) is 17.5 Å². The van der Waals surface area contributed by atoms with Crippen LogP contribution in [0.1, 0.15) is 42.3 Å². The van der Waals surface area contributed by atoms with Gasteiger partial charge in [-0.15, -0.1) is 0 Å². The smallest absolute Gasteiger partial charge is 0.265 e. The molecule has 3 rings (SSSR count). The second kappa shape index (κ2) is 9.20. The number of anilines is 1. The summed E-state index contributed by atoms with van der Waals surface area (Å²) in [6.45, 7) is 8.92. The molecule has 1 aliphatic heterocycles. The molecule has 0 radical (unpaired) electrons. The van der Waals surface area contributed by atoms with Crippen LogP contribution in [-0.4, -0.2) is 42.9 Å². The van der Waals surface area contributed by atoms with E-state index in [0.29, 0.717) is 22.7 Å². The molecule has 7 heteroatoms. The Morgan fingerprint density at radius 1 is 1.13 bits per heavy atom. The number of hydrogen-bond acceptors (Lipinski definition) is 5. The Morgan fingerprint density at radius 3 is 2.45 bits per heavy atom. The minimum absolute atomic E-state index is 0.0551. The van der Waals surface area contributed by atoms with Gasteiger partial charge < -0.3 is 14.8 Å². The number of carbonyl (C=O) groups excluding carboxylic acids is 3. The zero-order valence-corrected chi connectivity index (χ0v) is 18.5. The number of ketones is 1. The maximum absolute atomic E-state index is 12.8. The normalized spacial score (nSPS) is 14.0. The molecule has 1 aliphatic rings. The lowest BCUT2D eigenvalue weighted by atomic mass is 10.1. The van der Waals surface area contributed by atoms with Gasteiger partial charge in [0.15, 0.2) is 19.0 Å². The molecule has 0 spiro atoms. The molecular weight excluding hydrogens is 396 g/mol. The third-order valence-electron chi connectivity index (χ3n) is 5.11. The molecule has 0 aliphatic carbocycles. The van der Waals surface area contributed by atoms with Crippen molar-refractivity contribution < 1.29 is 23.9 Å². The van der Waals surface area contributed by atoms with Crippen LogP contribution in [0, 0.1) is 13.8 Å². The summed E-state index contributed by atoms with van der Waals surface area (Å²) in [5.41, 5.74) is 2.69. The van der Waals surface area contributed by atoms with Crippen LogP contribution in [-0.2, 0) is 9.59 Å². The zero-order chi connectivity index (χ0) is 22.7. The quantitative estimate of drug-likeness (QED) is 0.690. The van der Waals surface area contributed by atoms with Crippen molar-refractivity contribution >= 4 is 23.3 Å². The highest BCUT2D eigenvalue weighted by Crippen LogP contribution is 2.34. The highest BCUT2D eigenvalue weighted by molar-refractivity contribution is 6.05. The topological polar surface area (TPSA) is 84.9 Å². The van der Waals surface area contributed by atoms with Crippen molar-refractivity contribution in [1.29, 1.82) is 0 Å². The molecule has 0 fully saturated rings. The van der Waals surface area contributed by atoms with Gasteiger partial charge in [0.2, 0.25) is 5.91 Å². The Hall–Kier alpha value is -3.35. The number of fused-ring (bicyclic) bond motifs is 1. The molecule has 0 bridgehead atoms. The molecule has 2 aromatic carbocycles. The summed E-state index contributed by atoms with van der Waals surface area (Å²) in [6, 6.07) is 9.87. The second-order valence-corrected chi connectivity index (χ2v) is 8.01. The molecule has 1 heterocycles. The molecule has 0 unspecified atom stereocenters. The van der Waals surface area contributed by atoms with Crippen molar-refractivity contribution in [2.75, 3.05) is 18.1 Å². The van der Waals surface area contributed by atoms with Crippen LogP contribution in [0.15, 0.2) is 36.4 Å². The predicted octanol–water partition coefficient (Wildman–Crippen LogP) is 3.20. The van der Waals surface area contributed by atoms with Crippen LogP contribution in [0.25, 0.3) is 0 Å². The number of benzene rings is 2. The fourth-order valence-electron chi connectivity index (χ4n) is 3.54. The highest BCUT2D eigenvalue weighted by atomic mass is 16.5. The largest absolute Gasteiger partial charge is 0.485 e. The first-order chi connectivity index (χ1) is 14.7. The van der Waals surface area contributed by atoms with Gasteiger partial charge in [-0.25, -0.2) is 0 Å². The van der Waals surface area contributed by atoms with E-state index in [1.165, 1.54) is 4.90 Å². The second-order valence-electron chi connectivity index (χ2n) is 8.01. The Labute approximate surface area is 182 Å². The van der Waals surface area contributed by atoms with Crippen LogP contribution in [0.5, 0.6) is 11.5 Å². The van der Waals surface area contributed by atoms with E-state index < -0.39 is 6.04 Å². The van der Waals surface area contributed by atoms with Crippen molar-refractivity contribution in [3.8, 4) is 11.5 Å². The fourth-order valence-corrected chi connectivity index (χ4v) is 3.54. The number of hydrogen-bond donors (Lipinski definition) is 1. The number of nitrogens with one attached hydrogen (secondary N) is 1. The summed E-state index contributed by atoms with van der Waals surface area (Å²) in [5.74, 6) is 0.299. The molecule has 7 nitrogen and oxygen atoms in total. The van der Waals surface area contributed by atoms with Crippen molar-refractivity contribution in [3.05, 3.63) is 53.1 Å². The van der Waals surface area contributed by atoms with Gasteiger partial charge in [0.05, 0.1) is 5.69 Å². The first-order valence-electron chi connectivity index (χ1n) is 10.3. The van der Waals surface area contributed by atoms with Gasteiger partial charge in [0, 0.05) is 11.6 Å². The van der Waals surface area contributed by atoms with Gasteiger partial charge >= 0.3 is 0 Å². The van der Waals surface area contributed by atoms with E-state index in [1.54, 1.807) is 25.1 Å². The number of Topliss-reactive ketones (excluding diaryl/α,β-unsaturated/α-hetero) is 1. The Kier molecular flexibility index (Phi) is 6.63. The van der Waals surface area contributed by atoms with Crippen LogP contribution in [0.4, 0.5) is 5.69 Å². The lowest BCUT2D eigenvalue weighted by molar-refractivity contribution is -0.127. The van der Waals surface area contributed by atoms with Crippen LogP contribution in [0.2, 0.25) is 0 Å². The number of nitrogens with zero attached hydrogens (tertiary/aromatic N) is 1. The van der Waals surface area contributed by atoms with Crippen molar-refractivity contribution in [3.63, 3.8) is 0 Å². The Balaban J connectivity index is 1.83. The van der Waals surface area contributed by atoms with Crippen molar-refractivity contribution in [2.45, 2.75) is 46.7 Å². The lowest BCUT2D eigenvalue weighted by Gasteiger charge is -2.33. The molecule has 0 aromatic heterocycles. The molecule has 0 saturated heterocycles. The van der Waals surface area contributed by atoms with Crippen molar-refractivity contribution in [2.24, 2.45) is 0 Å². The number of carbonyl (C=O) groups is 3. The average molecular weight is 424 g/mol. The molecule has 1 N–H and O–H groups in total. The predicted molar refractivity (Wildman–Crippen MR) is 118 cm³/mol. The Bertz CT molecular complexity index is 995. The number of ether oxygens (including phenoxy) is 2. The van der Waals surface area contributed by atoms with E-state index >= 15 is 0 Å². The summed E-state index contributed by atoms with van der Waals surface area (Å²) in [6.07, 6.45) is 0. The molecule has 0 saturated carbocycles. The maximum atomic E-state index is 12.8. The van der Waals surface area contributed by atoms with E-state index in [4.69, 9.17) is 9.47 Å². The molecule has 164 valence electrons. The van der Waals surface area contributed by atoms with E-state index in [2.05, 4.69) is 5.32 Å². The lowest BCUT2D eigenvalue weighted by Crippen LogP contribution is -2.52. The molecular formula is C24H28N2O5. The van der Waals surface area contributed by atoms with Crippen LogP contribution in [0.3, 0.4) is 0 Å². The summed E-state index contributed by atoms with van der Waals surface area (Å²) >= 11 is 0. The number of rotatable bonds is 7. The fraction of sp³-hybridized carbons (Fsp3) is 0.375. The standard InChI is InChI=1S/C24H28N2O5/c1-14(2)25-24(29)17(5)26-19-11-18(9-10-21(19)30-13-22(26)28)20(27)12-31-23-15(3)7-6-8-16(23)4/h6-11,14,17H,12-13H2,1-5H3,(H,25,29)/t17-/m0/s1.